The zero-order chi connectivity index (χ0) is 16.9. The molecule has 1 aliphatic heterocycles. The number of rotatable bonds is 5. The van der Waals surface area contributed by atoms with Gasteiger partial charge in [0, 0.05) is 19.0 Å². The summed E-state index contributed by atoms with van der Waals surface area (Å²) in [7, 11) is 0. The standard InChI is InChI=1S/C18H26N2O4/c21-15(16-8-5-9-24-16)11-19-18(23)13-10-17(22)20(12-13)14-6-3-1-2-4-7-14/h5,8-9,13-15,21H,1-4,6-7,10-12H2,(H,19,23). The van der Waals surface area contributed by atoms with Crippen LogP contribution in [0.3, 0.4) is 0 Å². The van der Waals surface area contributed by atoms with Gasteiger partial charge in [0.15, 0.2) is 0 Å². The molecular weight excluding hydrogens is 308 g/mol. The molecule has 2 atom stereocenters. The van der Waals surface area contributed by atoms with E-state index in [1.165, 1.54) is 31.9 Å². The average molecular weight is 334 g/mol. The van der Waals surface area contributed by atoms with E-state index in [2.05, 4.69) is 5.32 Å². The predicted molar refractivity (Wildman–Crippen MR) is 88.0 cm³/mol. The fourth-order valence-corrected chi connectivity index (χ4v) is 3.75. The summed E-state index contributed by atoms with van der Waals surface area (Å²) < 4.78 is 5.11. The number of nitrogens with one attached hydrogen (secondary N) is 1. The smallest absolute Gasteiger partial charge is 0.225 e. The molecule has 1 saturated heterocycles. The molecule has 1 aliphatic carbocycles. The Labute approximate surface area is 142 Å². The van der Waals surface area contributed by atoms with Crippen LogP contribution in [-0.2, 0) is 9.59 Å². The monoisotopic (exact) mass is 334 g/mol. The van der Waals surface area contributed by atoms with E-state index in [4.69, 9.17) is 4.42 Å². The summed E-state index contributed by atoms with van der Waals surface area (Å²) >= 11 is 0. The maximum atomic E-state index is 12.3. The minimum atomic E-state index is -0.862. The first kappa shape index (κ1) is 17.0. The Balaban J connectivity index is 1.50. The van der Waals surface area contributed by atoms with E-state index in [-0.39, 0.29) is 30.7 Å². The molecule has 2 N–H and O–H groups in total. The van der Waals surface area contributed by atoms with Crippen LogP contribution in [0.5, 0.6) is 0 Å². The summed E-state index contributed by atoms with van der Waals surface area (Å²) in [5.74, 6) is 0.0427. The van der Waals surface area contributed by atoms with Gasteiger partial charge in [-0.05, 0) is 25.0 Å². The number of hydrogen-bond donors (Lipinski definition) is 2. The van der Waals surface area contributed by atoms with Crippen molar-refractivity contribution in [3.63, 3.8) is 0 Å². The molecule has 2 fully saturated rings. The Morgan fingerprint density at radius 1 is 1.33 bits per heavy atom. The number of carbonyl (C=O) groups excluding carboxylic acids is 2. The number of amides is 2. The van der Waals surface area contributed by atoms with Gasteiger partial charge in [-0.1, -0.05) is 25.7 Å². The molecule has 132 valence electrons. The second-order valence-corrected chi connectivity index (χ2v) is 6.87. The Morgan fingerprint density at radius 3 is 2.75 bits per heavy atom. The summed E-state index contributed by atoms with van der Waals surface area (Å²) in [6.45, 7) is 0.604. The van der Waals surface area contributed by atoms with E-state index in [1.54, 1.807) is 12.1 Å². The van der Waals surface area contributed by atoms with Gasteiger partial charge in [0.25, 0.3) is 0 Å². The lowest BCUT2D eigenvalue weighted by Gasteiger charge is -2.27. The minimum absolute atomic E-state index is 0.0913. The van der Waals surface area contributed by atoms with E-state index in [9.17, 15) is 14.7 Å². The first-order valence-corrected chi connectivity index (χ1v) is 8.94. The third-order valence-electron chi connectivity index (χ3n) is 5.14. The molecule has 0 radical (unpaired) electrons. The second kappa shape index (κ2) is 7.83. The van der Waals surface area contributed by atoms with E-state index in [1.807, 2.05) is 4.90 Å². The third kappa shape index (κ3) is 3.98. The van der Waals surface area contributed by atoms with Gasteiger partial charge >= 0.3 is 0 Å². The first-order chi connectivity index (χ1) is 11.6. The van der Waals surface area contributed by atoms with E-state index >= 15 is 0 Å². The predicted octanol–water partition coefficient (Wildman–Crippen LogP) is 2.00. The van der Waals surface area contributed by atoms with Crippen molar-refractivity contribution >= 4 is 11.8 Å². The van der Waals surface area contributed by atoms with Crippen LogP contribution in [0.25, 0.3) is 0 Å². The van der Waals surface area contributed by atoms with Crippen molar-refractivity contribution in [3.8, 4) is 0 Å². The molecular formula is C18H26N2O4. The third-order valence-corrected chi connectivity index (χ3v) is 5.14. The zero-order valence-corrected chi connectivity index (χ0v) is 13.9. The highest BCUT2D eigenvalue weighted by molar-refractivity contribution is 5.89. The molecule has 0 bridgehead atoms. The summed E-state index contributed by atoms with van der Waals surface area (Å²) in [4.78, 5) is 26.6. The van der Waals surface area contributed by atoms with Gasteiger partial charge in [0.05, 0.1) is 18.7 Å². The Morgan fingerprint density at radius 2 is 2.08 bits per heavy atom. The van der Waals surface area contributed by atoms with Crippen LogP contribution in [0.15, 0.2) is 22.8 Å². The zero-order valence-electron chi connectivity index (χ0n) is 13.9. The van der Waals surface area contributed by atoms with Gasteiger partial charge in [-0.3, -0.25) is 9.59 Å². The molecule has 2 unspecified atom stereocenters. The summed E-state index contributed by atoms with van der Waals surface area (Å²) in [6, 6.07) is 3.66. The van der Waals surface area contributed by atoms with Gasteiger partial charge in [0.2, 0.25) is 11.8 Å². The molecule has 1 aromatic rings. The largest absolute Gasteiger partial charge is 0.467 e. The number of likely N-dealkylation sites (tertiary alicyclic amines) is 1. The SMILES string of the molecule is O=C(NCC(O)c1ccco1)C1CC(=O)N(C2CCCCCC2)C1. The molecule has 0 aromatic carbocycles. The van der Waals surface area contributed by atoms with Gasteiger partial charge in [0.1, 0.15) is 11.9 Å². The van der Waals surface area contributed by atoms with Crippen molar-refractivity contribution in [2.75, 3.05) is 13.1 Å². The molecule has 1 aromatic heterocycles. The molecule has 1 saturated carbocycles. The number of aliphatic hydroxyl groups is 1. The molecule has 6 heteroatoms. The molecule has 0 spiro atoms. The molecule has 2 amide bonds. The quantitative estimate of drug-likeness (QED) is 0.807. The van der Waals surface area contributed by atoms with Crippen molar-refractivity contribution < 1.29 is 19.1 Å². The molecule has 6 nitrogen and oxygen atoms in total. The van der Waals surface area contributed by atoms with Crippen LogP contribution >= 0.6 is 0 Å². The van der Waals surface area contributed by atoms with Crippen LogP contribution in [0.4, 0.5) is 0 Å². The van der Waals surface area contributed by atoms with Crippen molar-refractivity contribution in [2.45, 2.75) is 57.1 Å². The van der Waals surface area contributed by atoms with Crippen LogP contribution in [0.1, 0.15) is 56.8 Å². The van der Waals surface area contributed by atoms with Crippen LogP contribution in [-0.4, -0.2) is 41.0 Å². The molecule has 24 heavy (non-hydrogen) atoms. The Hall–Kier alpha value is -1.82. The summed E-state index contributed by atoms with van der Waals surface area (Å²) in [5, 5.41) is 12.7. The lowest BCUT2D eigenvalue weighted by molar-refractivity contribution is -0.130. The normalized spacial score (nSPS) is 24.0. The minimum Gasteiger partial charge on any atom is -0.467 e. The second-order valence-electron chi connectivity index (χ2n) is 6.87. The van der Waals surface area contributed by atoms with Gasteiger partial charge < -0.3 is 19.7 Å². The number of aliphatic hydroxyl groups excluding tert-OH is 1. The van der Waals surface area contributed by atoms with Crippen molar-refractivity contribution in [1.29, 1.82) is 0 Å². The van der Waals surface area contributed by atoms with Crippen molar-refractivity contribution in [2.24, 2.45) is 5.92 Å². The van der Waals surface area contributed by atoms with Crippen LogP contribution in [0.2, 0.25) is 0 Å². The lowest BCUT2D eigenvalue weighted by atomic mass is 10.1. The lowest BCUT2D eigenvalue weighted by Crippen LogP contribution is -2.38. The van der Waals surface area contributed by atoms with E-state index in [0.717, 1.165) is 12.8 Å². The Bertz CT molecular complexity index is 549. The highest BCUT2D eigenvalue weighted by Gasteiger charge is 2.37. The fourth-order valence-electron chi connectivity index (χ4n) is 3.75. The summed E-state index contributed by atoms with van der Waals surface area (Å²) in [5.41, 5.74) is 0. The van der Waals surface area contributed by atoms with Crippen LogP contribution in [0, 0.1) is 5.92 Å². The van der Waals surface area contributed by atoms with E-state index in [0.29, 0.717) is 18.3 Å². The van der Waals surface area contributed by atoms with Crippen molar-refractivity contribution in [3.05, 3.63) is 24.2 Å². The Kier molecular flexibility index (Phi) is 5.56. The average Bonchev–Trinajstić information content (AvgIpc) is 3.16. The molecule has 2 aliphatic rings. The van der Waals surface area contributed by atoms with Gasteiger partial charge in [-0.15, -0.1) is 0 Å². The van der Waals surface area contributed by atoms with E-state index < -0.39 is 6.10 Å². The van der Waals surface area contributed by atoms with Gasteiger partial charge in [-0.2, -0.15) is 0 Å². The maximum absolute atomic E-state index is 12.3. The van der Waals surface area contributed by atoms with Crippen molar-refractivity contribution in [1.82, 2.24) is 10.2 Å². The topological polar surface area (TPSA) is 82.8 Å². The fraction of sp³-hybridized carbons (Fsp3) is 0.667. The number of nitrogens with zero attached hydrogens (tertiary/aromatic N) is 1. The highest BCUT2D eigenvalue weighted by Crippen LogP contribution is 2.28. The van der Waals surface area contributed by atoms with Crippen LogP contribution < -0.4 is 5.32 Å². The maximum Gasteiger partial charge on any atom is 0.225 e. The number of carbonyl (C=O) groups is 2. The number of hydrogen-bond acceptors (Lipinski definition) is 4. The number of furan rings is 1. The van der Waals surface area contributed by atoms with Gasteiger partial charge in [-0.25, -0.2) is 0 Å². The first-order valence-electron chi connectivity index (χ1n) is 8.94. The molecule has 3 rings (SSSR count). The highest BCUT2D eigenvalue weighted by atomic mass is 16.4. The molecule has 2 heterocycles. The summed E-state index contributed by atoms with van der Waals surface area (Å²) in [6.07, 6.45) is 7.83.